The van der Waals surface area contributed by atoms with E-state index in [1.54, 1.807) is 13.8 Å². The second-order valence-electron chi connectivity index (χ2n) is 9.94. The van der Waals surface area contributed by atoms with Crippen LogP contribution in [0.4, 0.5) is 4.79 Å². The zero-order valence-corrected chi connectivity index (χ0v) is 21.9. The molecule has 0 radical (unpaired) electrons. The van der Waals surface area contributed by atoms with E-state index < -0.39 is 30.1 Å². The topological polar surface area (TPSA) is 79.2 Å². The van der Waals surface area contributed by atoms with Gasteiger partial charge in [0.2, 0.25) is 0 Å². The smallest absolute Gasteiger partial charge is 0.410 e. The number of carboxylic acid groups (broad SMARTS) is 1. The van der Waals surface area contributed by atoms with Crippen LogP contribution in [0.5, 0.6) is 0 Å². The molecule has 1 heterocycles. The van der Waals surface area contributed by atoms with E-state index in [0.717, 1.165) is 18.4 Å². The maximum absolute atomic E-state index is 12.0. The first-order valence-electron chi connectivity index (χ1n) is 13.3. The van der Waals surface area contributed by atoms with E-state index >= 15 is 0 Å². The van der Waals surface area contributed by atoms with Crippen LogP contribution in [0.3, 0.4) is 0 Å². The van der Waals surface area contributed by atoms with Gasteiger partial charge in [0.25, 0.3) is 0 Å². The molecule has 1 aromatic carbocycles. The van der Waals surface area contributed by atoms with E-state index in [4.69, 9.17) is 9.47 Å². The Morgan fingerprint density at radius 1 is 1.09 bits per heavy atom. The lowest BCUT2D eigenvalue weighted by Crippen LogP contribution is -2.54. The van der Waals surface area contributed by atoms with Gasteiger partial charge in [0, 0.05) is 6.42 Å². The molecule has 0 spiro atoms. The van der Waals surface area contributed by atoms with Crippen molar-refractivity contribution in [3.05, 3.63) is 35.9 Å². The number of nitrogens with zero attached hydrogens (tertiary/aromatic N) is 1. The van der Waals surface area contributed by atoms with E-state index in [1.807, 2.05) is 30.3 Å². The molecule has 1 aromatic rings. The minimum atomic E-state index is -1.11. The molecule has 6 nitrogen and oxygen atoms in total. The first-order valence-corrected chi connectivity index (χ1v) is 13.3. The zero-order valence-electron chi connectivity index (χ0n) is 21.9. The zero-order chi connectivity index (χ0) is 25.5. The molecule has 1 aliphatic heterocycles. The number of rotatable bonds is 15. The van der Waals surface area contributed by atoms with Crippen molar-refractivity contribution < 1.29 is 24.5 Å². The standard InChI is InChI=1S/C29H45NO5/c1-4-5-6-7-8-9-10-11-12-13-14-18-21-26(31)27(34-22-24-19-16-15-17-20-24)25-23-35-29(2,3)30(25)28(32)33/h15-17,19-20,25-27,31H,4-14,22-23H2,1-3H3,(H,32,33)/t25-,26+,27-/m0/s1. The van der Waals surface area contributed by atoms with Crippen molar-refractivity contribution in [1.82, 2.24) is 4.90 Å². The van der Waals surface area contributed by atoms with Gasteiger partial charge in [0.1, 0.15) is 17.9 Å². The van der Waals surface area contributed by atoms with Crippen LogP contribution in [0, 0.1) is 11.8 Å². The first kappa shape index (κ1) is 29.2. The van der Waals surface area contributed by atoms with Gasteiger partial charge in [0.15, 0.2) is 0 Å². The molecular weight excluding hydrogens is 442 g/mol. The Bertz CT molecular complexity index is 785. The molecule has 1 amide bonds. The third-order valence-electron chi connectivity index (χ3n) is 6.61. The number of ether oxygens (including phenoxy) is 2. The first-order chi connectivity index (χ1) is 16.9. The highest BCUT2D eigenvalue weighted by Crippen LogP contribution is 2.31. The van der Waals surface area contributed by atoms with Gasteiger partial charge in [-0.05, 0) is 25.8 Å². The number of aliphatic hydroxyl groups is 1. The molecule has 196 valence electrons. The molecule has 0 aliphatic carbocycles. The summed E-state index contributed by atoms with van der Waals surface area (Å²) < 4.78 is 11.8. The molecule has 1 aliphatic rings. The van der Waals surface area contributed by atoms with Crippen LogP contribution in [0.2, 0.25) is 0 Å². The molecule has 1 fully saturated rings. The predicted molar refractivity (Wildman–Crippen MR) is 139 cm³/mol. The maximum Gasteiger partial charge on any atom is 0.410 e. The van der Waals surface area contributed by atoms with Gasteiger partial charge >= 0.3 is 6.09 Å². The summed E-state index contributed by atoms with van der Waals surface area (Å²) >= 11 is 0. The average molecular weight is 488 g/mol. The second kappa shape index (κ2) is 15.8. The van der Waals surface area contributed by atoms with Gasteiger partial charge in [-0.3, -0.25) is 4.90 Å². The van der Waals surface area contributed by atoms with Gasteiger partial charge in [-0.1, -0.05) is 101 Å². The summed E-state index contributed by atoms with van der Waals surface area (Å²) in [5, 5.41) is 20.7. The fraction of sp³-hybridized carbons (Fsp3) is 0.690. The largest absolute Gasteiger partial charge is 0.465 e. The highest BCUT2D eigenvalue weighted by atomic mass is 16.6. The molecule has 3 atom stereocenters. The lowest BCUT2D eigenvalue weighted by Gasteiger charge is -2.35. The van der Waals surface area contributed by atoms with Crippen LogP contribution >= 0.6 is 0 Å². The Morgan fingerprint density at radius 2 is 1.69 bits per heavy atom. The number of unbranched alkanes of at least 4 members (excludes halogenated alkanes) is 10. The minimum absolute atomic E-state index is 0.149. The Labute approximate surface area is 212 Å². The Kier molecular flexibility index (Phi) is 13.2. The molecule has 0 bridgehead atoms. The van der Waals surface area contributed by atoms with Crippen molar-refractivity contribution in [3.63, 3.8) is 0 Å². The third-order valence-corrected chi connectivity index (χ3v) is 6.61. The third kappa shape index (κ3) is 10.2. The number of hydrogen-bond donors (Lipinski definition) is 2. The monoisotopic (exact) mass is 487 g/mol. The fourth-order valence-electron chi connectivity index (χ4n) is 4.59. The average Bonchev–Trinajstić information content (AvgIpc) is 3.15. The summed E-state index contributed by atoms with van der Waals surface area (Å²) in [4.78, 5) is 13.2. The predicted octanol–water partition coefficient (Wildman–Crippen LogP) is 6.36. The number of amides is 1. The van der Waals surface area contributed by atoms with Crippen LogP contribution in [0.25, 0.3) is 0 Å². The van der Waals surface area contributed by atoms with Crippen molar-refractivity contribution in [2.24, 2.45) is 0 Å². The quantitative estimate of drug-likeness (QED) is 0.222. The van der Waals surface area contributed by atoms with Gasteiger partial charge in [-0.25, -0.2) is 4.79 Å². The lowest BCUT2D eigenvalue weighted by molar-refractivity contribution is -0.0741. The van der Waals surface area contributed by atoms with Crippen LogP contribution in [0.1, 0.15) is 97.0 Å². The van der Waals surface area contributed by atoms with E-state index in [0.29, 0.717) is 6.42 Å². The number of carbonyl (C=O) groups is 1. The Morgan fingerprint density at radius 3 is 2.29 bits per heavy atom. The van der Waals surface area contributed by atoms with Crippen LogP contribution in [0.15, 0.2) is 30.3 Å². The van der Waals surface area contributed by atoms with E-state index in [9.17, 15) is 15.0 Å². The van der Waals surface area contributed by atoms with Gasteiger partial charge < -0.3 is 19.7 Å². The molecule has 0 unspecified atom stereocenters. The van der Waals surface area contributed by atoms with E-state index in [1.165, 1.54) is 56.3 Å². The van der Waals surface area contributed by atoms with Gasteiger partial charge in [-0.2, -0.15) is 0 Å². The normalized spacial score (nSPS) is 18.6. The van der Waals surface area contributed by atoms with Gasteiger partial charge in [-0.15, -0.1) is 5.92 Å². The van der Waals surface area contributed by atoms with Crippen LogP contribution in [-0.4, -0.2) is 51.8 Å². The minimum Gasteiger partial charge on any atom is -0.465 e. The van der Waals surface area contributed by atoms with E-state index in [2.05, 4.69) is 18.8 Å². The summed E-state index contributed by atoms with van der Waals surface area (Å²) in [6.45, 7) is 6.06. The second-order valence-corrected chi connectivity index (χ2v) is 9.94. The van der Waals surface area contributed by atoms with Crippen LogP contribution < -0.4 is 0 Å². The number of benzene rings is 1. The number of hydrogen-bond acceptors (Lipinski definition) is 4. The van der Waals surface area contributed by atoms with Crippen LogP contribution in [-0.2, 0) is 16.1 Å². The van der Waals surface area contributed by atoms with Crippen molar-refractivity contribution in [3.8, 4) is 11.8 Å². The molecule has 0 saturated carbocycles. The fourth-order valence-corrected chi connectivity index (χ4v) is 4.59. The van der Waals surface area contributed by atoms with Crippen molar-refractivity contribution in [2.45, 2.75) is 122 Å². The van der Waals surface area contributed by atoms with Crippen molar-refractivity contribution in [1.29, 1.82) is 0 Å². The summed E-state index contributed by atoms with van der Waals surface area (Å²) in [5.41, 5.74) is -0.0448. The van der Waals surface area contributed by atoms with Crippen molar-refractivity contribution in [2.75, 3.05) is 6.61 Å². The highest BCUT2D eigenvalue weighted by Gasteiger charge is 2.49. The summed E-state index contributed by atoms with van der Waals surface area (Å²) in [6, 6.07) is 8.99. The molecule has 0 aromatic heterocycles. The molecule has 2 rings (SSSR count). The summed E-state index contributed by atoms with van der Waals surface area (Å²) in [5.74, 6) is 6.01. The molecule has 6 heteroatoms. The SMILES string of the molecule is CCCCCCCCCCCCC#C[C@@H](O)[C@@H](OCc1ccccc1)[C@@H]1COC(C)(C)N1C(=O)O. The Balaban J connectivity index is 1.86. The molecule has 1 saturated heterocycles. The summed E-state index contributed by atoms with van der Waals surface area (Å²) in [7, 11) is 0. The molecule has 35 heavy (non-hydrogen) atoms. The number of aliphatic hydroxyl groups excluding tert-OH is 1. The summed E-state index contributed by atoms with van der Waals surface area (Å²) in [6.07, 6.45) is 10.4. The highest BCUT2D eigenvalue weighted by molar-refractivity contribution is 5.67. The van der Waals surface area contributed by atoms with Gasteiger partial charge in [0.05, 0.1) is 19.3 Å². The molecular formula is C29H45NO5. The van der Waals surface area contributed by atoms with Crippen molar-refractivity contribution >= 4 is 6.09 Å². The maximum atomic E-state index is 12.0. The Hall–Kier alpha value is -2.07. The lowest BCUT2D eigenvalue weighted by atomic mass is 10.0. The molecule has 2 N–H and O–H groups in total. The van der Waals surface area contributed by atoms with E-state index in [-0.39, 0.29) is 13.2 Å².